The van der Waals surface area contributed by atoms with Crippen molar-refractivity contribution in [2.75, 3.05) is 7.11 Å². The topological polar surface area (TPSA) is 9.23 Å². The maximum Gasteiger partial charge on any atom is 0.460 e. The van der Waals surface area contributed by atoms with Crippen molar-refractivity contribution in [1.82, 2.24) is 0 Å². The van der Waals surface area contributed by atoms with Crippen LogP contribution >= 0.6 is 0 Å². The Morgan fingerprint density at radius 3 is 1.23 bits per heavy atom. The quantitative estimate of drug-likeness (QED) is 0.650. The van der Waals surface area contributed by atoms with Gasteiger partial charge in [0.2, 0.25) is 11.7 Å². The summed E-state index contributed by atoms with van der Waals surface area (Å²) < 4.78 is 162. The van der Waals surface area contributed by atoms with Crippen molar-refractivity contribution in [3.05, 3.63) is 11.7 Å². The Labute approximate surface area is 112 Å². The SMILES string of the molecule is COC(F)(/C(F)=C(/F)C(F)(F)C(F)(F)F)C(F)(F)C(F)(F)F. The Morgan fingerprint density at radius 1 is 0.636 bits per heavy atom. The van der Waals surface area contributed by atoms with Crippen molar-refractivity contribution < 1.29 is 61.8 Å². The number of hydrogen-bond acceptors (Lipinski definition) is 1. The van der Waals surface area contributed by atoms with Gasteiger partial charge >= 0.3 is 30.1 Å². The number of rotatable bonds is 4. The van der Waals surface area contributed by atoms with E-state index in [-0.39, 0.29) is 0 Å². The summed E-state index contributed by atoms with van der Waals surface area (Å²) >= 11 is 0. The molecule has 22 heavy (non-hydrogen) atoms. The second-order valence-electron chi connectivity index (χ2n) is 3.57. The second kappa shape index (κ2) is 5.45. The average Bonchev–Trinajstić information content (AvgIpc) is 2.32. The highest BCUT2D eigenvalue weighted by Crippen LogP contribution is 2.53. The van der Waals surface area contributed by atoms with Crippen molar-refractivity contribution in [3.8, 4) is 0 Å². The van der Waals surface area contributed by atoms with E-state index in [0.29, 0.717) is 0 Å². The first-order chi connectivity index (χ1) is 9.38. The van der Waals surface area contributed by atoms with Crippen LogP contribution in [-0.4, -0.2) is 37.2 Å². The molecule has 0 aliphatic carbocycles. The fourth-order valence-corrected chi connectivity index (χ4v) is 0.941. The van der Waals surface area contributed by atoms with Crippen LogP contribution in [0, 0.1) is 0 Å². The van der Waals surface area contributed by atoms with Crippen molar-refractivity contribution in [2.24, 2.45) is 0 Å². The van der Waals surface area contributed by atoms with E-state index in [1.165, 1.54) is 0 Å². The Balaban J connectivity index is 6.34. The predicted octanol–water partition coefficient (Wildman–Crippen LogP) is 4.84. The molecule has 0 heterocycles. The predicted molar refractivity (Wildman–Crippen MR) is 42.1 cm³/mol. The lowest BCUT2D eigenvalue weighted by Gasteiger charge is -2.32. The molecule has 0 rings (SSSR count). The molecule has 0 saturated heterocycles. The monoisotopic (exact) mass is 362 g/mol. The third kappa shape index (κ3) is 2.96. The fraction of sp³-hybridized carbons (Fsp3) is 0.750. The Hall–Kier alpha value is -1.21. The summed E-state index contributed by atoms with van der Waals surface area (Å²) in [5.74, 6) is -29.1. The summed E-state index contributed by atoms with van der Waals surface area (Å²) in [5, 5.41) is 0. The number of alkyl halides is 11. The molecule has 0 aromatic heterocycles. The van der Waals surface area contributed by atoms with Crippen molar-refractivity contribution in [1.29, 1.82) is 0 Å². The number of hydrogen-bond donors (Lipinski definition) is 0. The molecule has 0 aliphatic heterocycles. The van der Waals surface area contributed by atoms with Crippen molar-refractivity contribution >= 4 is 0 Å². The van der Waals surface area contributed by atoms with E-state index in [1.807, 2.05) is 0 Å². The standard InChI is InChI=1S/C8H3F13O/c1-22-5(13,6(14,15)8(19,20)21)3(10)2(9)4(11,12)7(16,17)18/h1H3/b3-2-. The Morgan fingerprint density at radius 2 is 1.00 bits per heavy atom. The average molecular weight is 362 g/mol. The summed E-state index contributed by atoms with van der Waals surface area (Å²) in [4.78, 5) is 0. The summed E-state index contributed by atoms with van der Waals surface area (Å²) in [6.45, 7) is 0. The van der Waals surface area contributed by atoms with Gasteiger partial charge in [0, 0.05) is 7.11 Å². The smallest absolute Gasteiger partial charge is 0.339 e. The molecule has 1 unspecified atom stereocenters. The van der Waals surface area contributed by atoms with Gasteiger partial charge in [-0.1, -0.05) is 0 Å². The highest BCUT2D eigenvalue weighted by molar-refractivity contribution is 5.22. The number of ether oxygens (including phenoxy) is 1. The van der Waals surface area contributed by atoms with Crippen LogP contribution in [0.15, 0.2) is 11.7 Å². The fourth-order valence-electron chi connectivity index (χ4n) is 0.941. The molecule has 0 fully saturated rings. The van der Waals surface area contributed by atoms with Gasteiger partial charge in [-0.05, 0) is 0 Å². The van der Waals surface area contributed by atoms with Crippen LogP contribution < -0.4 is 0 Å². The molecule has 14 heteroatoms. The molecule has 0 saturated carbocycles. The van der Waals surface area contributed by atoms with Crippen LogP contribution in [0.1, 0.15) is 0 Å². The zero-order valence-electron chi connectivity index (χ0n) is 9.82. The van der Waals surface area contributed by atoms with Gasteiger partial charge in [-0.15, -0.1) is 0 Å². The van der Waals surface area contributed by atoms with Gasteiger partial charge in [0.15, 0.2) is 0 Å². The van der Waals surface area contributed by atoms with Gasteiger partial charge in [-0.3, -0.25) is 0 Å². The van der Waals surface area contributed by atoms with E-state index in [2.05, 4.69) is 4.74 Å². The molecule has 0 aliphatic rings. The van der Waals surface area contributed by atoms with Crippen LogP contribution in [-0.2, 0) is 4.74 Å². The van der Waals surface area contributed by atoms with E-state index in [0.717, 1.165) is 0 Å². The lowest BCUT2D eigenvalue weighted by atomic mass is 10.1. The van der Waals surface area contributed by atoms with E-state index < -0.39 is 48.8 Å². The number of methoxy groups -OCH3 is 1. The van der Waals surface area contributed by atoms with Gasteiger partial charge < -0.3 is 4.74 Å². The molecule has 0 spiro atoms. The minimum Gasteiger partial charge on any atom is -0.339 e. The zero-order valence-corrected chi connectivity index (χ0v) is 9.82. The molecule has 0 aromatic rings. The normalized spacial score (nSPS) is 18.8. The summed E-state index contributed by atoms with van der Waals surface area (Å²) in [6.07, 6.45) is -13.9. The van der Waals surface area contributed by atoms with Crippen LogP contribution in [0.25, 0.3) is 0 Å². The van der Waals surface area contributed by atoms with Crippen LogP contribution in [0.5, 0.6) is 0 Å². The minimum absolute atomic E-state index is 0.432. The van der Waals surface area contributed by atoms with Crippen LogP contribution in [0.2, 0.25) is 0 Å². The van der Waals surface area contributed by atoms with Crippen molar-refractivity contribution in [2.45, 2.75) is 30.1 Å². The Kier molecular flexibility index (Phi) is 5.15. The summed E-state index contributed by atoms with van der Waals surface area (Å²) in [6, 6.07) is 0. The van der Waals surface area contributed by atoms with Gasteiger partial charge in [-0.2, -0.15) is 48.3 Å². The van der Waals surface area contributed by atoms with E-state index in [4.69, 9.17) is 0 Å². The number of allylic oxidation sites excluding steroid dienone is 1. The highest BCUT2D eigenvalue weighted by atomic mass is 19.4. The lowest BCUT2D eigenvalue weighted by Crippen LogP contribution is -2.56. The van der Waals surface area contributed by atoms with Crippen molar-refractivity contribution in [3.63, 3.8) is 0 Å². The van der Waals surface area contributed by atoms with E-state index >= 15 is 0 Å². The zero-order chi connectivity index (χ0) is 18.4. The van der Waals surface area contributed by atoms with Gasteiger partial charge in [0.05, 0.1) is 0 Å². The lowest BCUT2D eigenvalue weighted by molar-refractivity contribution is -0.371. The first-order valence-electron chi connectivity index (χ1n) is 4.57. The van der Waals surface area contributed by atoms with Crippen LogP contribution in [0.3, 0.4) is 0 Å². The Bertz CT molecular complexity index is 444. The third-order valence-corrected chi connectivity index (χ3v) is 2.15. The molecular weight excluding hydrogens is 359 g/mol. The molecule has 0 radical (unpaired) electrons. The summed E-state index contributed by atoms with van der Waals surface area (Å²) in [7, 11) is -0.432. The highest BCUT2D eigenvalue weighted by Gasteiger charge is 2.76. The molecule has 0 aromatic carbocycles. The molecule has 0 bridgehead atoms. The second-order valence-corrected chi connectivity index (χ2v) is 3.57. The summed E-state index contributed by atoms with van der Waals surface area (Å²) in [5.41, 5.74) is 0. The first-order valence-corrected chi connectivity index (χ1v) is 4.57. The maximum absolute atomic E-state index is 13.3. The molecule has 0 N–H and O–H groups in total. The first kappa shape index (κ1) is 20.8. The van der Waals surface area contributed by atoms with Gasteiger partial charge in [0.25, 0.3) is 0 Å². The van der Waals surface area contributed by atoms with E-state index in [1.54, 1.807) is 0 Å². The van der Waals surface area contributed by atoms with E-state index in [9.17, 15) is 57.1 Å². The van der Waals surface area contributed by atoms with Crippen LogP contribution in [0.4, 0.5) is 57.1 Å². The molecule has 1 nitrogen and oxygen atoms in total. The molecule has 0 amide bonds. The molecule has 1 atom stereocenters. The minimum atomic E-state index is -7.00. The third-order valence-electron chi connectivity index (χ3n) is 2.15. The maximum atomic E-state index is 13.3. The molecular formula is C8H3F13O. The van der Waals surface area contributed by atoms with Gasteiger partial charge in [-0.25, -0.2) is 8.78 Å². The van der Waals surface area contributed by atoms with Gasteiger partial charge in [0.1, 0.15) is 0 Å². The largest absolute Gasteiger partial charge is 0.460 e. The molecule has 132 valence electrons. The number of halogens is 13.